The fraction of sp³-hybridized carbons (Fsp3) is 0.0833. The molecule has 0 amide bonds. The molecule has 0 aliphatic rings. The van der Waals surface area contributed by atoms with E-state index in [0.717, 1.165) is 9.35 Å². The Hall–Kier alpha value is -1.71. The standard InChI is InChI=1S/C12H8BrN3OS/c1-7-10(5-14)12(17)16-15-11(7)3-2-9-4-8(13)6-18-9/h2-4,6H,1H3,(H,16,17)/b3-2+. The molecule has 0 saturated heterocycles. The monoisotopic (exact) mass is 321 g/mol. The van der Waals surface area contributed by atoms with Crippen LogP contribution in [0, 0.1) is 18.3 Å². The first-order valence-electron chi connectivity index (χ1n) is 5.03. The quantitative estimate of drug-likeness (QED) is 0.924. The zero-order valence-electron chi connectivity index (χ0n) is 9.40. The number of aromatic nitrogens is 2. The molecule has 0 spiro atoms. The van der Waals surface area contributed by atoms with Crippen LogP contribution in [-0.4, -0.2) is 10.2 Å². The molecule has 6 heteroatoms. The summed E-state index contributed by atoms with van der Waals surface area (Å²) in [5.74, 6) is 0. The molecular weight excluding hydrogens is 314 g/mol. The molecule has 0 bridgehead atoms. The zero-order chi connectivity index (χ0) is 13.1. The summed E-state index contributed by atoms with van der Waals surface area (Å²) in [6.45, 7) is 1.71. The number of halogens is 1. The van der Waals surface area contributed by atoms with Crippen LogP contribution in [0.4, 0.5) is 0 Å². The predicted molar refractivity (Wildman–Crippen MR) is 75.3 cm³/mol. The van der Waals surface area contributed by atoms with Crippen molar-refractivity contribution in [3.8, 4) is 6.07 Å². The zero-order valence-corrected chi connectivity index (χ0v) is 11.8. The molecule has 90 valence electrons. The van der Waals surface area contributed by atoms with Gasteiger partial charge >= 0.3 is 0 Å². The molecule has 1 N–H and O–H groups in total. The van der Waals surface area contributed by atoms with Crippen molar-refractivity contribution in [2.45, 2.75) is 6.92 Å². The highest BCUT2D eigenvalue weighted by Gasteiger charge is 2.07. The number of thiophene rings is 1. The van der Waals surface area contributed by atoms with E-state index in [4.69, 9.17) is 5.26 Å². The number of nitrogens with one attached hydrogen (secondary N) is 1. The smallest absolute Gasteiger partial charge is 0.267 e. The van der Waals surface area contributed by atoms with E-state index >= 15 is 0 Å². The predicted octanol–water partition coefficient (Wildman–Crippen LogP) is 2.94. The summed E-state index contributed by atoms with van der Waals surface area (Å²) < 4.78 is 1.02. The van der Waals surface area contributed by atoms with Gasteiger partial charge in [0, 0.05) is 14.7 Å². The van der Waals surface area contributed by atoms with Gasteiger partial charge in [0.05, 0.1) is 5.69 Å². The van der Waals surface area contributed by atoms with Crippen LogP contribution < -0.4 is 5.56 Å². The van der Waals surface area contributed by atoms with E-state index in [0.29, 0.717) is 11.3 Å². The van der Waals surface area contributed by atoms with Crippen LogP contribution in [0.5, 0.6) is 0 Å². The molecule has 0 aliphatic carbocycles. The van der Waals surface area contributed by atoms with E-state index in [1.807, 2.05) is 23.6 Å². The van der Waals surface area contributed by atoms with Gasteiger partial charge in [-0.05, 0) is 46.6 Å². The van der Waals surface area contributed by atoms with Crippen molar-refractivity contribution < 1.29 is 0 Å². The summed E-state index contributed by atoms with van der Waals surface area (Å²) in [7, 11) is 0. The third-order valence-electron chi connectivity index (χ3n) is 2.37. The van der Waals surface area contributed by atoms with Gasteiger partial charge in [0.2, 0.25) is 0 Å². The first-order chi connectivity index (χ1) is 8.61. The van der Waals surface area contributed by atoms with Crippen LogP contribution in [0.2, 0.25) is 0 Å². The highest BCUT2D eigenvalue weighted by atomic mass is 79.9. The van der Waals surface area contributed by atoms with Gasteiger partial charge in [-0.2, -0.15) is 10.4 Å². The van der Waals surface area contributed by atoms with Gasteiger partial charge in [0.25, 0.3) is 5.56 Å². The average Bonchev–Trinajstić information content (AvgIpc) is 2.75. The molecule has 18 heavy (non-hydrogen) atoms. The first-order valence-corrected chi connectivity index (χ1v) is 6.70. The van der Waals surface area contributed by atoms with Crippen LogP contribution in [0.1, 0.15) is 21.7 Å². The van der Waals surface area contributed by atoms with Crippen LogP contribution in [0.15, 0.2) is 20.7 Å². The van der Waals surface area contributed by atoms with Crippen molar-refractivity contribution in [2.75, 3.05) is 0 Å². The molecule has 0 fully saturated rings. The molecule has 0 saturated carbocycles. The van der Waals surface area contributed by atoms with E-state index < -0.39 is 5.56 Å². The third-order valence-corrected chi connectivity index (χ3v) is 4.03. The number of hydrogen-bond acceptors (Lipinski definition) is 4. The van der Waals surface area contributed by atoms with Crippen LogP contribution in [0.25, 0.3) is 12.2 Å². The second kappa shape index (κ2) is 5.29. The van der Waals surface area contributed by atoms with E-state index in [9.17, 15) is 4.79 Å². The lowest BCUT2D eigenvalue weighted by Gasteiger charge is -1.99. The largest absolute Gasteiger partial charge is 0.282 e. The molecule has 2 aromatic heterocycles. The molecular formula is C12H8BrN3OS. The number of hydrogen-bond donors (Lipinski definition) is 1. The maximum atomic E-state index is 11.3. The molecule has 2 aromatic rings. The van der Waals surface area contributed by atoms with Gasteiger partial charge in [0.1, 0.15) is 11.6 Å². The summed E-state index contributed by atoms with van der Waals surface area (Å²) in [5.41, 5.74) is 0.840. The van der Waals surface area contributed by atoms with E-state index in [2.05, 4.69) is 26.1 Å². The Balaban J connectivity index is 2.39. The van der Waals surface area contributed by atoms with Gasteiger partial charge in [0.15, 0.2) is 0 Å². The van der Waals surface area contributed by atoms with Gasteiger partial charge in [-0.15, -0.1) is 11.3 Å². The Bertz CT molecular complexity index is 709. The van der Waals surface area contributed by atoms with Crippen molar-refractivity contribution >= 4 is 39.4 Å². The molecule has 0 aliphatic heterocycles. The van der Waals surface area contributed by atoms with E-state index in [-0.39, 0.29) is 5.56 Å². The van der Waals surface area contributed by atoms with Crippen molar-refractivity contribution in [1.29, 1.82) is 5.26 Å². The van der Waals surface area contributed by atoms with Crippen molar-refractivity contribution in [3.63, 3.8) is 0 Å². The molecule has 0 unspecified atom stereocenters. The SMILES string of the molecule is Cc1c(/C=C/c2cc(Br)cs2)n[nH]c(=O)c1C#N. The van der Waals surface area contributed by atoms with Crippen LogP contribution in [0.3, 0.4) is 0 Å². The number of aromatic amines is 1. The first kappa shape index (κ1) is 12.7. The minimum atomic E-state index is -0.453. The lowest BCUT2D eigenvalue weighted by atomic mass is 10.1. The number of nitrogens with zero attached hydrogens (tertiary/aromatic N) is 2. The van der Waals surface area contributed by atoms with Gasteiger partial charge in [-0.25, -0.2) is 5.10 Å². The van der Waals surface area contributed by atoms with Crippen LogP contribution >= 0.6 is 27.3 Å². The Morgan fingerprint density at radius 1 is 1.56 bits per heavy atom. The molecule has 4 nitrogen and oxygen atoms in total. The summed E-state index contributed by atoms with van der Waals surface area (Å²) in [6.07, 6.45) is 3.68. The molecule has 0 aromatic carbocycles. The van der Waals surface area contributed by atoms with E-state index in [1.54, 1.807) is 24.3 Å². The molecule has 0 atom stereocenters. The Morgan fingerprint density at radius 2 is 2.33 bits per heavy atom. The summed E-state index contributed by atoms with van der Waals surface area (Å²) >= 11 is 4.96. The van der Waals surface area contributed by atoms with Gasteiger partial charge < -0.3 is 0 Å². The van der Waals surface area contributed by atoms with Crippen molar-refractivity contribution in [1.82, 2.24) is 10.2 Å². The van der Waals surface area contributed by atoms with Gasteiger partial charge in [-0.1, -0.05) is 0 Å². The maximum Gasteiger partial charge on any atom is 0.282 e. The lowest BCUT2D eigenvalue weighted by Crippen LogP contribution is -2.15. The third kappa shape index (κ3) is 2.58. The summed E-state index contributed by atoms with van der Waals surface area (Å²) in [4.78, 5) is 12.4. The highest BCUT2D eigenvalue weighted by molar-refractivity contribution is 9.10. The van der Waals surface area contributed by atoms with E-state index in [1.165, 1.54) is 0 Å². The van der Waals surface area contributed by atoms with Crippen molar-refractivity contribution in [2.24, 2.45) is 0 Å². The normalized spacial score (nSPS) is 10.7. The fourth-order valence-corrected chi connectivity index (χ4v) is 2.76. The van der Waals surface area contributed by atoms with Crippen LogP contribution in [-0.2, 0) is 0 Å². The number of rotatable bonds is 2. The topological polar surface area (TPSA) is 69.5 Å². The summed E-state index contributed by atoms with van der Waals surface area (Å²) in [5, 5.41) is 17.1. The Morgan fingerprint density at radius 3 is 2.94 bits per heavy atom. The van der Waals surface area contributed by atoms with Crippen molar-refractivity contribution in [3.05, 3.63) is 48.0 Å². The summed E-state index contributed by atoms with van der Waals surface area (Å²) in [6, 6.07) is 3.86. The minimum Gasteiger partial charge on any atom is -0.267 e. The molecule has 0 radical (unpaired) electrons. The number of H-pyrrole nitrogens is 1. The lowest BCUT2D eigenvalue weighted by molar-refractivity contribution is 0.953. The second-order valence-electron chi connectivity index (χ2n) is 3.55. The Labute approximate surface area is 116 Å². The minimum absolute atomic E-state index is 0.108. The Kier molecular flexibility index (Phi) is 3.75. The molecule has 2 rings (SSSR count). The average molecular weight is 322 g/mol. The second-order valence-corrected chi connectivity index (χ2v) is 5.41. The molecule has 2 heterocycles. The highest BCUT2D eigenvalue weighted by Crippen LogP contribution is 2.21. The number of nitriles is 1. The maximum absolute atomic E-state index is 11.3. The fourth-order valence-electron chi connectivity index (χ4n) is 1.42. The van der Waals surface area contributed by atoms with Gasteiger partial charge in [-0.3, -0.25) is 4.79 Å².